The maximum Gasteiger partial charge on any atom is 0.319 e. The molecule has 4 N–H and O–H groups in total. The van der Waals surface area contributed by atoms with E-state index in [1.165, 1.54) is 0 Å². The van der Waals surface area contributed by atoms with Gasteiger partial charge < -0.3 is 25.6 Å². The third-order valence-electron chi connectivity index (χ3n) is 7.91. The Balaban J connectivity index is 1.46. The number of hydrogen-bond donors (Lipinski definition) is 4. The normalized spacial score (nSPS) is 20.6. The van der Waals surface area contributed by atoms with Crippen LogP contribution in [0.15, 0.2) is 36.5 Å². The minimum absolute atomic E-state index is 0.0481. The van der Waals surface area contributed by atoms with Crippen LogP contribution in [0.2, 0.25) is 0 Å². The monoisotopic (exact) mass is 552 g/mol. The first kappa shape index (κ1) is 28.1. The zero-order chi connectivity index (χ0) is 28.6. The topological polar surface area (TPSA) is 117 Å². The van der Waals surface area contributed by atoms with Gasteiger partial charge in [-0.1, -0.05) is 13.8 Å². The summed E-state index contributed by atoms with van der Waals surface area (Å²) in [6.07, 6.45) is 2.41. The van der Waals surface area contributed by atoms with Crippen molar-refractivity contribution in [3.63, 3.8) is 0 Å². The van der Waals surface area contributed by atoms with E-state index in [9.17, 15) is 23.8 Å². The molecule has 0 spiro atoms. The Morgan fingerprint density at radius 3 is 2.55 bits per heavy atom. The molecule has 1 fully saturated rings. The minimum atomic E-state index is -1.03. The molecular formula is C30H34F2N4O4. The van der Waals surface area contributed by atoms with E-state index >= 15 is 0 Å². The van der Waals surface area contributed by atoms with Gasteiger partial charge in [-0.3, -0.25) is 9.97 Å². The number of aliphatic hydroxyl groups is 2. The molecule has 0 bridgehead atoms. The third kappa shape index (κ3) is 5.56. The second-order valence-corrected chi connectivity index (χ2v) is 11.3. The highest BCUT2D eigenvalue weighted by Crippen LogP contribution is 2.43. The molecule has 1 aromatic carbocycles. The number of aromatic nitrogens is 2. The van der Waals surface area contributed by atoms with Gasteiger partial charge in [-0.25, -0.2) is 13.6 Å². The van der Waals surface area contributed by atoms with E-state index in [2.05, 4.69) is 15.6 Å². The number of benzene rings is 1. The summed E-state index contributed by atoms with van der Waals surface area (Å²) in [7, 11) is 0. The van der Waals surface area contributed by atoms with E-state index in [0.717, 1.165) is 41.8 Å². The lowest BCUT2D eigenvalue weighted by Gasteiger charge is -2.40. The number of fused-ring (bicyclic) bond motifs is 1. The van der Waals surface area contributed by atoms with E-state index in [0.29, 0.717) is 41.4 Å². The molecule has 1 aliphatic carbocycles. The number of urea groups is 1. The van der Waals surface area contributed by atoms with E-state index in [1.807, 2.05) is 32.9 Å². The van der Waals surface area contributed by atoms with Gasteiger partial charge in [0.15, 0.2) is 11.6 Å². The number of rotatable bonds is 5. The Morgan fingerprint density at radius 2 is 1.88 bits per heavy atom. The van der Waals surface area contributed by atoms with E-state index in [1.54, 1.807) is 12.3 Å². The number of ether oxygens (including phenoxy) is 1. The fourth-order valence-corrected chi connectivity index (χ4v) is 5.80. The molecule has 2 atom stereocenters. The van der Waals surface area contributed by atoms with Crippen LogP contribution in [0.5, 0.6) is 0 Å². The molecule has 1 aliphatic heterocycles. The summed E-state index contributed by atoms with van der Waals surface area (Å²) in [5.41, 5.74) is 4.42. The number of carbonyl (C=O) groups is 1. The van der Waals surface area contributed by atoms with Crippen molar-refractivity contribution in [2.24, 2.45) is 0 Å². The van der Waals surface area contributed by atoms with Crippen LogP contribution in [-0.2, 0) is 16.8 Å². The van der Waals surface area contributed by atoms with Crippen LogP contribution >= 0.6 is 0 Å². The van der Waals surface area contributed by atoms with Gasteiger partial charge in [0.1, 0.15) is 0 Å². The SMILES string of the molecule is Cc1cc(NC(=O)N[C@@H]2c3cc(F)c(F)cc3C(C)(C)C[C@H]2O)c(C2CCOCC2)nc1-c1ccc(CO)nc1. The van der Waals surface area contributed by atoms with Gasteiger partial charge in [0.25, 0.3) is 0 Å². The predicted octanol–water partition coefficient (Wildman–Crippen LogP) is 5.02. The highest BCUT2D eigenvalue weighted by atomic mass is 19.2. The molecule has 2 aliphatic rings. The standard InChI is InChI=1S/C30H34F2N4O4/c1-16-10-24(27(17-6-8-40-9-7-17)35-26(16)18-4-5-19(15-37)33-14-18)34-29(39)36-28-20-11-22(31)23(32)12-21(20)30(2,3)13-25(28)38/h4-5,10-12,14,17,25,28,37-38H,6-9,13,15H2,1-3H3,(H2,34,36,39)/t25-,28-/m1/s1. The summed E-state index contributed by atoms with van der Waals surface area (Å²) in [5, 5.41) is 26.0. The molecule has 0 unspecified atom stereocenters. The van der Waals surface area contributed by atoms with Crippen LogP contribution < -0.4 is 10.6 Å². The van der Waals surface area contributed by atoms with Gasteiger partial charge >= 0.3 is 6.03 Å². The summed E-state index contributed by atoms with van der Waals surface area (Å²) in [5.74, 6) is -1.95. The average molecular weight is 553 g/mol. The number of amides is 2. The molecule has 2 aromatic heterocycles. The van der Waals surface area contributed by atoms with Crippen molar-refractivity contribution in [2.45, 2.75) is 70.1 Å². The molecule has 0 saturated carbocycles. The molecule has 2 amide bonds. The number of carbonyl (C=O) groups excluding carboxylic acids is 1. The first-order valence-corrected chi connectivity index (χ1v) is 13.5. The summed E-state index contributed by atoms with van der Waals surface area (Å²) in [6, 6.07) is 6.16. The molecule has 40 heavy (non-hydrogen) atoms. The molecule has 10 heteroatoms. The van der Waals surface area contributed by atoms with Crippen molar-refractivity contribution in [3.05, 3.63) is 76.2 Å². The number of hydrogen-bond acceptors (Lipinski definition) is 6. The van der Waals surface area contributed by atoms with Gasteiger partial charge in [-0.15, -0.1) is 0 Å². The lowest BCUT2D eigenvalue weighted by Crippen LogP contribution is -2.45. The summed E-state index contributed by atoms with van der Waals surface area (Å²) in [4.78, 5) is 22.6. The molecule has 8 nitrogen and oxygen atoms in total. The second kappa shape index (κ2) is 11.2. The van der Waals surface area contributed by atoms with Gasteiger partial charge in [0, 0.05) is 30.9 Å². The molecule has 3 aromatic rings. The van der Waals surface area contributed by atoms with E-state index < -0.39 is 35.2 Å². The molecule has 1 saturated heterocycles. The molecule has 0 radical (unpaired) electrons. The third-order valence-corrected chi connectivity index (χ3v) is 7.91. The highest BCUT2D eigenvalue weighted by Gasteiger charge is 2.40. The average Bonchev–Trinajstić information content (AvgIpc) is 2.93. The Bertz CT molecular complexity index is 1410. The number of halogens is 2. The number of nitrogens with one attached hydrogen (secondary N) is 2. The second-order valence-electron chi connectivity index (χ2n) is 11.3. The fourth-order valence-electron chi connectivity index (χ4n) is 5.80. The van der Waals surface area contributed by atoms with Gasteiger partial charge in [-0.2, -0.15) is 0 Å². The number of nitrogens with zero attached hydrogens (tertiary/aromatic N) is 2. The fraction of sp³-hybridized carbons (Fsp3) is 0.433. The van der Waals surface area contributed by atoms with Crippen molar-refractivity contribution in [1.29, 1.82) is 0 Å². The van der Waals surface area contributed by atoms with Crippen LogP contribution in [0.3, 0.4) is 0 Å². The molecule has 3 heterocycles. The van der Waals surface area contributed by atoms with Crippen molar-refractivity contribution in [3.8, 4) is 11.3 Å². The van der Waals surface area contributed by atoms with Gasteiger partial charge in [0.05, 0.1) is 41.5 Å². The first-order valence-electron chi connectivity index (χ1n) is 13.5. The number of anilines is 1. The molecule has 5 rings (SSSR count). The van der Waals surface area contributed by atoms with Crippen molar-refractivity contribution < 1.29 is 28.5 Å². The zero-order valence-electron chi connectivity index (χ0n) is 22.8. The maximum absolute atomic E-state index is 14.2. The highest BCUT2D eigenvalue weighted by molar-refractivity contribution is 5.91. The predicted molar refractivity (Wildman–Crippen MR) is 146 cm³/mol. The van der Waals surface area contributed by atoms with Crippen molar-refractivity contribution >= 4 is 11.7 Å². The largest absolute Gasteiger partial charge is 0.391 e. The van der Waals surface area contributed by atoms with Crippen molar-refractivity contribution in [1.82, 2.24) is 15.3 Å². The van der Waals surface area contributed by atoms with Crippen LogP contribution in [0.4, 0.5) is 19.3 Å². The van der Waals surface area contributed by atoms with Gasteiger partial charge in [0.2, 0.25) is 0 Å². The lowest BCUT2D eigenvalue weighted by atomic mass is 9.69. The van der Waals surface area contributed by atoms with Crippen LogP contribution in [0.1, 0.15) is 73.1 Å². The van der Waals surface area contributed by atoms with Crippen LogP contribution in [-0.4, -0.2) is 45.5 Å². The quantitative estimate of drug-likeness (QED) is 0.353. The molecule has 212 valence electrons. The Labute approximate surface area is 231 Å². The lowest BCUT2D eigenvalue weighted by molar-refractivity contribution is 0.0846. The summed E-state index contributed by atoms with van der Waals surface area (Å²) in [6.45, 7) is 6.60. The van der Waals surface area contributed by atoms with E-state index in [4.69, 9.17) is 9.72 Å². The van der Waals surface area contributed by atoms with Crippen molar-refractivity contribution in [2.75, 3.05) is 18.5 Å². The number of pyridine rings is 2. The van der Waals surface area contributed by atoms with Crippen LogP contribution in [0, 0.1) is 18.6 Å². The Kier molecular flexibility index (Phi) is 7.85. The first-order chi connectivity index (χ1) is 19.1. The number of aliphatic hydroxyl groups excluding tert-OH is 2. The van der Waals surface area contributed by atoms with Crippen LogP contribution in [0.25, 0.3) is 11.3 Å². The maximum atomic E-state index is 14.2. The molecular weight excluding hydrogens is 518 g/mol. The number of aryl methyl sites for hydroxylation is 1. The minimum Gasteiger partial charge on any atom is -0.391 e. The zero-order valence-corrected chi connectivity index (χ0v) is 22.8. The Hall–Kier alpha value is -3.47. The summed E-state index contributed by atoms with van der Waals surface area (Å²) >= 11 is 0. The van der Waals surface area contributed by atoms with Gasteiger partial charge in [-0.05, 0) is 78.6 Å². The summed E-state index contributed by atoms with van der Waals surface area (Å²) < 4.78 is 33.9. The Morgan fingerprint density at radius 1 is 1.15 bits per heavy atom. The van der Waals surface area contributed by atoms with E-state index in [-0.39, 0.29) is 18.9 Å². The smallest absolute Gasteiger partial charge is 0.319 e.